The summed E-state index contributed by atoms with van der Waals surface area (Å²) in [7, 11) is 0. The Kier molecular flexibility index (Phi) is 8.28. The third-order valence-corrected chi connectivity index (χ3v) is 6.03. The number of benzene rings is 1. The third kappa shape index (κ3) is 6.06. The molecule has 0 saturated carbocycles. The normalized spacial score (nSPS) is 18.7. The van der Waals surface area contributed by atoms with Crippen molar-refractivity contribution >= 4 is 32.7 Å². The Hall–Kier alpha value is -1.89. The molecule has 1 aromatic rings. The Labute approximate surface area is 165 Å². The van der Waals surface area contributed by atoms with Crippen molar-refractivity contribution in [2.75, 3.05) is 6.54 Å². The molecule has 2 amide bonds. The minimum absolute atomic E-state index is 0.264. The van der Waals surface area contributed by atoms with Gasteiger partial charge in [0.05, 0.1) is 0 Å². The van der Waals surface area contributed by atoms with E-state index in [1.165, 1.54) is 4.90 Å². The van der Waals surface area contributed by atoms with Gasteiger partial charge < -0.3 is 0 Å². The predicted molar refractivity (Wildman–Crippen MR) is 103 cm³/mol. The van der Waals surface area contributed by atoms with Gasteiger partial charge in [-0.2, -0.15) is 0 Å². The van der Waals surface area contributed by atoms with Gasteiger partial charge in [0, 0.05) is 0 Å². The molecule has 0 unspecified atom stereocenters. The van der Waals surface area contributed by atoms with Crippen LogP contribution in [0.3, 0.4) is 0 Å². The summed E-state index contributed by atoms with van der Waals surface area (Å²) in [5.41, 5.74) is 7.06. The first-order valence-corrected chi connectivity index (χ1v) is 12.0. The SMILES string of the molecule is C[Se]CC[C@H](NC(=O)[C@@H]1CCCN1C(=O)[C@@H](N)Cc1ccccc1)C(=O)O. The van der Waals surface area contributed by atoms with E-state index in [0.29, 0.717) is 47.2 Å². The van der Waals surface area contributed by atoms with E-state index in [9.17, 15) is 19.5 Å². The average Bonchev–Trinajstić information content (AvgIpc) is 3.14. The van der Waals surface area contributed by atoms with E-state index in [4.69, 9.17) is 5.73 Å². The van der Waals surface area contributed by atoms with Crippen LogP contribution >= 0.6 is 0 Å². The Bertz CT molecular complexity index is 656. The second kappa shape index (κ2) is 10.4. The Morgan fingerprint density at radius 3 is 2.67 bits per heavy atom. The summed E-state index contributed by atoms with van der Waals surface area (Å²) < 4.78 is 0. The molecule has 1 fully saturated rings. The number of carboxylic acid groups (broad SMARTS) is 1. The van der Waals surface area contributed by atoms with Gasteiger partial charge in [-0.15, -0.1) is 0 Å². The standard InChI is InChI=1S/C19H27N3O4Se/c1-27-11-9-15(19(25)26)21-17(23)16-8-5-10-22(16)18(24)14(20)12-13-6-3-2-4-7-13/h2-4,6-7,14-16H,5,8-12,20H2,1H3,(H,21,23)(H,25,26)/t14-,15-,16-/m0/s1. The number of carboxylic acids is 1. The number of carbonyl (C=O) groups excluding carboxylic acids is 2. The van der Waals surface area contributed by atoms with E-state index in [1.54, 1.807) is 0 Å². The molecule has 27 heavy (non-hydrogen) atoms. The Balaban J connectivity index is 1.99. The van der Waals surface area contributed by atoms with Gasteiger partial charge in [0.25, 0.3) is 0 Å². The molecule has 1 aromatic carbocycles. The fourth-order valence-electron chi connectivity index (χ4n) is 3.23. The molecule has 148 valence electrons. The van der Waals surface area contributed by atoms with Crippen LogP contribution in [-0.4, -0.2) is 67.4 Å². The molecule has 0 aliphatic carbocycles. The molecule has 4 N–H and O–H groups in total. The number of rotatable bonds is 9. The van der Waals surface area contributed by atoms with E-state index in [-0.39, 0.29) is 5.91 Å². The second-order valence-electron chi connectivity index (χ2n) is 6.67. The molecule has 0 spiro atoms. The number of nitrogens with one attached hydrogen (secondary N) is 1. The molecule has 7 nitrogen and oxygen atoms in total. The summed E-state index contributed by atoms with van der Waals surface area (Å²) >= 11 is 0.345. The molecule has 3 atom stereocenters. The molecular weight excluding hydrogens is 413 g/mol. The number of likely N-dealkylation sites (tertiary alicyclic amines) is 1. The van der Waals surface area contributed by atoms with Crippen LogP contribution in [0, 0.1) is 0 Å². The first-order valence-electron chi connectivity index (χ1n) is 9.06. The van der Waals surface area contributed by atoms with Crippen LogP contribution in [0.15, 0.2) is 30.3 Å². The number of carbonyl (C=O) groups is 3. The predicted octanol–water partition coefficient (Wildman–Crippen LogP) is 0.678. The average molecular weight is 440 g/mol. The summed E-state index contributed by atoms with van der Waals surface area (Å²) in [5.74, 6) is 0.326. The van der Waals surface area contributed by atoms with Gasteiger partial charge in [0.15, 0.2) is 0 Å². The van der Waals surface area contributed by atoms with Crippen LogP contribution in [0.1, 0.15) is 24.8 Å². The summed E-state index contributed by atoms with van der Waals surface area (Å²) in [6, 6.07) is 7.23. The van der Waals surface area contributed by atoms with Gasteiger partial charge in [-0.25, -0.2) is 0 Å². The molecule has 1 heterocycles. The summed E-state index contributed by atoms with van der Waals surface area (Å²) in [4.78, 5) is 38.3. The summed E-state index contributed by atoms with van der Waals surface area (Å²) in [6.07, 6.45) is 2.05. The van der Waals surface area contributed by atoms with E-state index < -0.39 is 30.0 Å². The molecular formula is C19H27N3O4Se. The first-order chi connectivity index (χ1) is 12.9. The van der Waals surface area contributed by atoms with Crippen molar-refractivity contribution in [2.24, 2.45) is 5.73 Å². The van der Waals surface area contributed by atoms with Gasteiger partial charge >= 0.3 is 147 Å². The van der Waals surface area contributed by atoms with Crippen molar-refractivity contribution in [1.82, 2.24) is 10.2 Å². The van der Waals surface area contributed by atoms with Crippen molar-refractivity contribution in [2.45, 2.75) is 55.0 Å². The molecule has 1 aliphatic rings. The fourth-order valence-corrected chi connectivity index (χ4v) is 4.22. The quantitative estimate of drug-likeness (QED) is 0.489. The zero-order chi connectivity index (χ0) is 19.8. The number of nitrogens with zero attached hydrogens (tertiary/aromatic N) is 1. The van der Waals surface area contributed by atoms with Crippen molar-refractivity contribution < 1.29 is 19.5 Å². The zero-order valence-corrected chi connectivity index (χ0v) is 17.2. The van der Waals surface area contributed by atoms with Gasteiger partial charge in [0.2, 0.25) is 0 Å². The van der Waals surface area contributed by atoms with Crippen LogP contribution in [0.5, 0.6) is 0 Å². The molecule has 8 heteroatoms. The van der Waals surface area contributed by atoms with E-state index >= 15 is 0 Å². The molecule has 0 bridgehead atoms. The number of hydrogen-bond donors (Lipinski definition) is 3. The molecule has 1 saturated heterocycles. The number of aliphatic carboxylic acids is 1. The van der Waals surface area contributed by atoms with Crippen LogP contribution in [-0.2, 0) is 20.8 Å². The maximum absolute atomic E-state index is 12.8. The van der Waals surface area contributed by atoms with Gasteiger partial charge in [-0.1, -0.05) is 18.2 Å². The molecule has 2 rings (SSSR count). The molecule has 0 radical (unpaired) electrons. The summed E-state index contributed by atoms with van der Waals surface area (Å²) in [6.45, 7) is 0.467. The first kappa shape index (κ1) is 21.4. The zero-order valence-electron chi connectivity index (χ0n) is 15.5. The van der Waals surface area contributed by atoms with Gasteiger partial charge in [-0.05, 0) is 0 Å². The van der Waals surface area contributed by atoms with Crippen LogP contribution in [0.2, 0.25) is 11.1 Å². The van der Waals surface area contributed by atoms with E-state index in [2.05, 4.69) is 5.32 Å². The number of nitrogens with two attached hydrogens (primary N) is 1. The van der Waals surface area contributed by atoms with Crippen molar-refractivity contribution in [3.8, 4) is 0 Å². The topological polar surface area (TPSA) is 113 Å². The Morgan fingerprint density at radius 1 is 1.33 bits per heavy atom. The minimum atomic E-state index is -1.04. The fraction of sp³-hybridized carbons (Fsp3) is 0.526. The van der Waals surface area contributed by atoms with Crippen LogP contribution in [0.25, 0.3) is 0 Å². The van der Waals surface area contributed by atoms with E-state index in [0.717, 1.165) is 10.9 Å². The number of amides is 2. The maximum atomic E-state index is 12.8. The number of hydrogen-bond acceptors (Lipinski definition) is 4. The van der Waals surface area contributed by atoms with Crippen molar-refractivity contribution in [3.05, 3.63) is 35.9 Å². The monoisotopic (exact) mass is 441 g/mol. The van der Waals surface area contributed by atoms with Crippen LogP contribution in [0.4, 0.5) is 0 Å². The van der Waals surface area contributed by atoms with Crippen molar-refractivity contribution in [3.63, 3.8) is 0 Å². The van der Waals surface area contributed by atoms with Crippen molar-refractivity contribution in [1.29, 1.82) is 0 Å². The summed E-state index contributed by atoms with van der Waals surface area (Å²) in [5, 5.41) is 12.7. The van der Waals surface area contributed by atoms with Crippen LogP contribution < -0.4 is 11.1 Å². The molecule has 1 aliphatic heterocycles. The van der Waals surface area contributed by atoms with E-state index in [1.807, 2.05) is 36.2 Å². The molecule has 0 aromatic heterocycles. The van der Waals surface area contributed by atoms with Gasteiger partial charge in [0.1, 0.15) is 0 Å². The third-order valence-electron chi connectivity index (χ3n) is 4.68. The Morgan fingerprint density at radius 2 is 2.04 bits per heavy atom. The second-order valence-corrected chi connectivity index (χ2v) is 8.73. The van der Waals surface area contributed by atoms with Gasteiger partial charge in [-0.3, -0.25) is 0 Å².